The molecule has 2 aromatic heterocycles. The smallest absolute Gasteiger partial charge is 0.280 e. The SMILES string of the molecule is Cc1cc(NC(=O)C[NH+](C)Cc2ccc(Br)s2)no1. The van der Waals surface area contributed by atoms with E-state index >= 15 is 0 Å². The number of anilines is 1. The molecule has 0 bridgehead atoms. The third-order valence-corrected chi connectivity index (χ3v) is 4.09. The first-order valence-corrected chi connectivity index (χ1v) is 7.42. The van der Waals surface area contributed by atoms with E-state index in [4.69, 9.17) is 4.52 Å². The maximum Gasteiger partial charge on any atom is 0.280 e. The van der Waals surface area contributed by atoms with Gasteiger partial charge in [-0.05, 0) is 35.0 Å². The summed E-state index contributed by atoms with van der Waals surface area (Å²) < 4.78 is 6.00. The van der Waals surface area contributed by atoms with Gasteiger partial charge >= 0.3 is 0 Å². The number of likely N-dealkylation sites (N-methyl/N-ethyl adjacent to an activating group) is 1. The predicted molar refractivity (Wildman–Crippen MR) is 77.3 cm³/mol. The van der Waals surface area contributed by atoms with Gasteiger partial charge in [-0.1, -0.05) is 5.16 Å². The molecule has 0 fully saturated rings. The van der Waals surface area contributed by atoms with Gasteiger partial charge < -0.3 is 14.7 Å². The second-order valence-corrected chi connectivity index (χ2v) is 6.94. The van der Waals surface area contributed by atoms with Crippen molar-refractivity contribution in [3.05, 3.63) is 32.6 Å². The van der Waals surface area contributed by atoms with Crippen molar-refractivity contribution in [1.82, 2.24) is 5.16 Å². The molecule has 0 aromatic carbocycles. The normalized spacial score (nSPS) is 12.4. The molecular weight excluding hydrogens is 330 g/mol. The Balaban J connectivity index is 1.81. The lowest BCUT2D eigenvalue weighted by molar-refractivity contribution is -0.884. The molecule has 1 atom stereocenters. The minimum absolute atomic E-state index is 0.0681. The van der Waals surface area contributed by atoms with Crippen LogP contribution in [0.15, 0.2) is 26.5 Å². The summed E-state index contributed by atoms with van der Waals surface area (Å²) in [6, 6.07) is 5.78. The number of carbonyl (C=O) groups is 1. The molecule has 7 heteroatoms. The first-order valence-electron chi connectivity index (χ1n) is 5.81. The molecule has 1 unspecified atom stereocenters. The van der Waals surface area contributed by atoms with Crippen LogP contribution in [0.2, 0.25) is 0 Å². The minimum Gasteiger partial charge on any atom is -0.360 e. The van der Waals surface area contributed by atoms with Crippen LogP contribution < -0.4 is 10.2 Å². The molecule has 0 radical (unpaired) electrons. The van der Waals surface area contributed by atoms with Gasteiger partial charge in [-0.15, -0.1) is 11.3 Å². The van der Waals surface area contributed by atoms with Gasteiger partial charge in [0.2, 0.25) is 0 Å². The van der Waals surface area contributed by atoms with Crippen molar-refractivity contribution in [3.63, 3.8) is 0 Å². The lowest BCUT2D eigenvalue weighted by atomic mass is 10.4. The molecule has 102 valence electrons. The summed E-state index contributed by atoms with van der Waals surface area (Å²) in [7, 11) is 1.99. The van der Waals surface area contributed by atoms with E-state index in [0.717, 1.165) is 15.2 Å². The second-order valence-electron chi connectivity index (χ2n) is 4.39. The zero-order valence-electron chi connectivity index (χ0n) is 10.7. The number of carbonyl (C=O) groups excluding carboxylic acids is 1. The van der Waals surface area contributed by atoms with Crippen LogP contribution in [-0.4, -0.2) is 24.7 Å². The van der Waals surface area contributed by atoms with Crippen LogP contribution in [-0.2, 0) is 11.3 Å². The summed E-state index contributed by atoms with van der Waals surface area (Å²) in [4.78, 5) is 14.2. The molecule has 0 aliphatic rings. The Bertz CT molecular complexity index is 567. The highest BCUT2D eigenvalue weighted by molar-refractivity contribution is 9.11. The summed E-state index contributed by atoms with van der Waals surface area (Å²) in [5, 5.41) is 6.44. The monoisotopic (exact) mass is 344 g/mol. The van der Waals surface area contributed by atoms with Crippen molar-refractivity contribution in [2.45, 2.75) is 13.5 Å². The fourth-order valence-corrected chi connectivity index (χ4v) is 3.29. The molecule has 0 aliphatic heterocycles. The number of rotatable bonds is 5. The van der Waals surface area contributed by atoms with E-state index < -0.39 is 0 Å². The minimum atomic E-state index is -0.0681. The summed E-state index contributed by atoms with van der Waals surface area (Å²) in [5.41, 5.74) is 0. The van der Waals surface area contributed by atoms with Crippen molar-refractivity contribution in [2.24, 2.45) is 0 Å². The number of halogens is 1. The predicted octanol–water partition coefficient (Wildman–Crippen LogP) is 1.46. The molecule has 2 rings (SSSR count). The van der Waals surface area contributed by atoms with Crippen LogP contribution in [0.3, 0.4) is 0 Å². The number of aryl methyl sites for hydroxylation is 1. The van der Waals surface area contributed by atoms with E-state index in [-0.39, 0.29) is 5.91 Å². The summed E-state index contributed by atoms with van der Waals surface area (Å²) in [6.07, 6.45) is 0. The lowest BCUT2D eigenvalue weighted by Gasteiger charge is -2.11. The van der Waals surface area contributed by atoms with Gasteiger partial charge in [0.05, 0.1) is 15.7 Å². The standard InChI is InChI=1S/C12H14BrN3O2S/c1-8-5-11(15-18-8)14-12(17)7-16(2)6-9-3-4-10(13)19-9/h3-5H,6-7H2,1-2H3,(H,14,15,17)/p+1. The number of quaternary nitrogens is 1. The third-order valence-electron chi connectivity index (χ3n) is 2.46. The van der Waals surface area contributed by atoms with E-state index in [1.54, 1.807) is 24.3 Å². The van der Waals surface area contributed by atoms with Crippen LogP contribution in [0.4, 0.5) is 5.82 Å². The van der Waals surface area contributed by atoms with E-state index in [1.165, 1.54) is 4.88 Å². The average Bonchev–Trinajstić information content (AvgIpc) is 2.87. The molecular formula is C12H15BrN3O2S+. The van der Waals surface area contributed by atoms with Gasteiger partial charge in [0, 0.05) is 6.07 Å². The molecule has 19 heavy (non-hydrogen) atoms. The first kappa shape index (κ1) is 14.2. The van der Waals surface area contributed by atoms with Crippen LogP contribution in [0.1, 0.15) is 10.6 Å². The van der Waals surface area contributed by atoms with E-state index in [2.05, 4.69) is 32.5 Å². The van der Waals surface area contributed by atoms with Crippen molar-refractivity contribution < 1.29 is 14.2 Å². The third kappa shape index (κ3) is 4.45. The zero-order valence-corrected chi connectivity index (χ0v) is 13.1. The number of hydrogen-bond donors (Lipinski definition) is 2. The lowest BCUT2D eigenvalue weighted by Crippen LogP contribution is -3.08. The molecule has 1 amide bonds. The molecule has 5 nitrogen and oxygen atoms in total. The first-order chi connectivity index (χ1) is 9.02. The molecule has 2 N–H and O–H groups in total. The highest BCUT2D eigenvalue weighted by atomic mass is 79.9. The maximum absolute atomic E-state index is 11.8. The van der Waals surface area contributed by atoms with Crippen molar-refractivity contribution in [1.29, 1.82) is 0 Å². The van der Waals surface area contributed by atoms with Gasteiger partial charge in [-0.2, -0.15) is 0 Å². The topological polar surface area (TPSA) is 59.6 Å². The maximum atomic E-state index is 11.8. The number of aromatic nitrogens is 1. The van der Waals surface area contributed by atoms with E-state index in [1.807, 2.05) is 13.1 Å². The number of amides is 1. The second kappa shape index (κ2) is 6.31. The van der Waals surface area contributed by atoms with E-state index in [9.17, 15) is 4.79 Å². The van der Waals surface area contributed by atoms with Crippen LogP contribution in [0, 0.1) is 6.92 Å². The Morgan fingerprint density at radius 1 is 1.58 bits per heavy atom. The highest BCUT2D eigenvalue weighted by Crippen LogP contribution is 2.21. The number of hydrogen-bond acceptors (Lipinski definition) is 4. The van der Waals surface area contributed by atoms with Gasteiger partial charge in [0.25, 0.3) is 5.91 Å². The van der Waals surface area contributed by atoms with Gasteiger partial charge in [-0.25, -0.2) is 0 Å². The van der Waals surface area contributed by atoms with Crippen LogP contribution in [0.5, 0.6) is 0 Å². The van der Waals surface area contributed by atoms with Gasteiger partial charge in [0.1, 0.15) is 12.3 Å². The Kier molecular flexibility index (Phi) is 4.73. The fraction of sp³-hybridized carbons (Fsp3) is 0.333. The molecule has 0 saturated heterocycles. The molecule has 0 saturated carbocycles. The number of thiophene rings is 1. The van der Waals surface area contributed by atoms with Crippen molar-refractivity contribution in [3.8, 4) is 0 Å². The Labute approximate surface area is 123 Å². The van der Waals surface area contributed by atoms with E-state index in [0.29, 0.717) is 18.1 Å². The van der Waals surface area contributed by atoms with Crippen molar-refractivity contribution in [2.75, 3.05) is 18.9 Å². The molecule has 0 aliphatic carbocycles. The Hall–Kier alpha value is -1.18. The Morgan fingerprint density at radius 2 is 2.37 bits per heavy atom. The number of nitrogens with one attached hydrogen (secondary N) is 2. The quantitative estimate of drug-likeness (QED) is 0.863. The van der Waals surface area contributed by atoms with Crippen molar-refractivity contribution >= 4 is 39.0 Å². The largest absolute Gasteiger partial charge is 0.360 e. The van der Waals surface area contributed by atoms with Gasteiger partial charge in [0.15, 0.2) is 12.4 Å². The highest BCUT2D eigenvalue weighted by Gasteiger charge is 2.13. The van der Waals surface area contributed by atoms with Crippen LogP contribution >= 0.6 is 27.3 Å². The molecule has 2 heterocycles. The number of nitrogens with zero attached hydrogens (tertiary/aromatic N) is 1. The summed E-state index contributed by atoms with van der Waals surface area (Å²) in [6.45, 7) is 3.00. The molecule has 0 spiro atoms. The zero-order chi connectivity index (χ0) is 13.8. The fourth-order valence-electron chi connectivity index (χ4n) is 1.69. The Morgan fingerprint density at radius 3 is 2.95 bits per heavy atom. The average molecular weight is 345 g/mol. The molecule has 2 aromatic rings. The van der Waals surface area contributed by atoms with Crippen LogP contribution in [0.25, 0.3) is 0 Å². The summed E-state index contributed by atoms with van der Waals surface area (Å²) in [5.74, 6) is 1.08. The summed E-state index contributed by atoms with van der Waals surface area (Å²) >= 11 is 5.12. The van der Waals surface area contributed by atoms with Gasteiger partial charge in [-0.3, -0.25) is 4.79 Å².